The summed E-state index contributed by atoms with van der Waals surface area (Å²) < 4.78 is 16.8. The fourth-order valence-corrected chi connectivity index (χ4v) is 3.07. The Morgan fingerprint density at radius 2 is 1.82 bits per heavy atom. The highest BCUT2D eigenvalue weighted by Crippen LogP contribution is 2.16. The molecule has 0 radical (unpaired) electrons. The Kier molecular flexibility index (Phi) is 4.71. The average molecular weight is 255 g/mol. The first-order valence-corrected chi connectivity index (χ1v) is 7.68. The summed E-state index contributed by atoms with van der Waals surface area (Å²) in [5.41, 5.74) is 1.13. The average Bonchev–Trinajstić information content (AvgIpc) is 2.26. The van der Waals surface area contributed by atoms with Crippen LogP contribution < -0.4 is 0 Å². The number of aryl methyl sites for hydroxylation is 1. The van der Waals surface area contributed by atoms with E-state index in [0.29, 0.717) is 0 Å². The Morgan fingerprint density at radius 3 is 2.24 bits per heavy atom. The molecule has 0 spiro atoms. The summed E-state index contributed by atoms with van der Waals surface area (Å²) >= 11 is 0. The van der Waals surface area contributed by atoms with Crippen molar-refractivity contribution in [1.82, 2.24) is 0 Å². The molecule has 96 valence electrons. The molecule has 0 fully saturated rings. The molecular weight excluding hydrogens is 234 g/mol. The molecule has 1 N–H and O–H groups in total. The first kappa shape index (κ1) is 14.2. The zero-order valence-corrected chi connectivity index (χ0v) is 11.7. The zero-order valence-electron chi connectivity index (χ0n) is 10.9. The number of benzene rings is 1. The normalized spacial score (nSPS) is 16.6. The number of nitrogens with zero attached hydrogens (tertiary/aromatic N) is 1. The van der Waals surface area contributed by atoms with Crippen LogP contribution in [0.2, 0.25) is 0 Å². The van der Waals surface area contributed by atoms with Gasteiger partial charge in [0, 0.05) is 11.2 Å². The van der Waals surface area contributed by atoms with E-state index in [1.54, 1.807) is 6.26 Å². The van der Waals surface area contributed by atoms with Crippen molar-refractivity contribution in [3.8, 4) is 0 Å². The summed E-state index contributed by atoms with van der Waals surface area (Å²) in [6.45, 7) is 5.86. The van der Waals surface area contributed by atoms with Gasteiger partial charge in [-0.25, -0.2) is 8.57 Å². The second kappa shape index (κ2) is 5.65. The molecule has 0 unspecified atom stereocenters. The molecule has 0 saturated heterocycles. The van der Waals surface area contributed by atoms with Crippen molar-refractivity contribution in [2.45, 2.75) is 31.7 Å². The second-order valence-electron chi connectivity index (χ2n) is 4.71. The van der Waals surface area contributed by atoms with E-state index in [1.165, 1.54) is 0 Å². The van der Waals surface area contributed by atoms with Crippen LogP contribution in [-0.2, 0) is 9.73 Å². The van der Waals surface area contributed by atoms with Gasteiger partial charge >= 0.3 is 0 Å². The van der Waals surface area contributed by atoms with Crippen molar-refractivity contribution >= 4 is 9.73 Å². The Morgan fingerprint density at radius 1 is 1.29 bits per heavy atom. The third-order valence-electron chi connectivity index (χ3n) is 2.75. The zero-order chi connectivity index (χ0) is 13.1. The predicted octanol–water partition coefficient (Wildman–Crippen LogP) is 2.47. The molecule has 0 amide bonds. The highest BCUT2D eigenvalue weighted by Gasteiger charge is 2.14. The number of rotatable bonds is 4. The molecule has 1 aromatic rings. The molecule has 0 heterocycles. The van der Waals surface area contributed by atoms with Gasteiger partial charge in [-0.15, -0.1) is 0 Å². The first-order valence-electron chi connectivity index (χ1n) is 5.75. The van der Waals surface area contributed by atoms with E-state index in [1.807, 2.05) is 45.0 Å². The van der Waals surface area contributed by atoms with Crippen LogP contribution in [0.15, 0.2) is 33.5 Å². The highest BCUT2D eigenvalue weighted by atomic mass is 32.2. The lowest BCUT2D eigenvalue weighted by Gasteiger charge is -2.15. The molecule has 0 bridgehead atoms. The molecule has 0 aliphatic carbocycles. The first-order chi connectivity index (χ1) is 7.86. The van der Waals surface area contributed by atoms with E-state index in [0.717, 1.165) is 10.5 Å². The minimum Gasteiger partial charge on any atom is -0.394 e. The van der Waals surface area contributed by atoms with Crippen LogP contribution in [0.1, 0.15) is 19.4 Å². The van der Waals surface area contributed by atoms with Gasteiger partial charge in [-0.1, -0.05) is 31.5 Å². The molecule has 0 saturated carbocycles. The van der Waals surface area contributed by atoms with Crippen molar-refractivity contribution in [2.75, 3.05) is 12.9 Å². The number of hydrogen-bond donors (Lipinski definition) is 1. The van der Waals surface area contributed by atoms with Crippen LogP contribution >= 0.6 is 0 Å². The summed E-state index contributed by atoms with van der Waals surface area (Å²) in [5, 5.41) is 9.23. The molecule has 2 atom stereocenters. The van der Waals surface area contributed by atoms with Crippen LogP contribution in [0.3, 0.4) is 0 Å². The van der Waals surface area contributed by atoms with Crippen molar-refractivity contribution in [3.63, 3.8) is 0 Å². The fraction of sp³-hybridized carbons (Fsp3) is 0.538. The van der Waals surface area contributed by atoms with Crippen molar-refractivity contribution < 1.29 is 9.32 Å². The minimum absolute atomic E-state index is 0.0612. The minimum atomic E-state index is -2.42. The van der Waals surface area contributed by atoms with Crippen molar-refractivity contribution in [2.24, 2.45) is 10.3 Å². The van der Waals surface area contributed by atoms with Gasteiger partial charge in [0.25, 0.3) is 0 Å². The predicted molar refractivity (Wildman–Crippen MR) is 71.7 cm³/mol. The Hall–Kier alpha value is -0.870. The lowest BCUT2D eigenvalue weighted by Crippen LogP contribution is -2.19. The van der Waals surface area contributed by atoms with Crippen LogP contribution in [0.25, 0.3) is 0 Å². The van der Waals surface area contributed by atoms with Gasteiger partial charge in [0.15, 0.2) is 0 Å². The second-order valence-corrected chi connectivity index (χ2v) is 7.00. The van der Waals surface area contributed by atoms with E-state index < -0.39 is 9.73 Å². The number of aliphatic hydroxyl groups excluding tert-OH is 1. The van der Waals surface area contributed by atoms with Crippen LogP contribution in [0, 0.1) is 12.8 Å². The largest absolute Gasteiger partial charge is 0.394 e. The molecule has 1 aromatic carbocycles. The van der Waals surface area contributed by atoms with E-state index in [2.05, 4.69) is 4.36 Å². The van der Waals surface area contributed by atoms with Gasteiger partial charge in [0.2, 0.25) is 0 Å². The van der Waals surface area contributed by atoms with Gasteiger partial charge in [-0.05, 0) is 25.0 Å². The molecule has 0 aromatic heterocycles. The van der Waals surface area contributed by atoms with Crippen molar-refractivity contribution in [1.29, 1.82) is 0 Å². The highest BCUT2D eigenvalue weighted by molar-refractivity contribution is 7.93. The van der Waals surface area contributed by atoms with Gasteiger partial charge < -0.3 is 5.11 Å². The van der Waals surface area contributed by atoms with E-state index >= 15 is 0 Å². The van der Waals surface area contributed by atoms with Gasteiger partial charge in [-0.3, -0.25) is 0 Å². The molecule has 4 heteroatoms. The van der Waals surface area contributed by atoms with E-state index in [4.69, 9.17) is 0 Å². The third-order valence-corrected chi connectivity index (χ3v) is 4.57. The molecule has 0 aliphatic heterocycles. The summed E-state index contributed by atoms with van der Waals surface area (Å²) in [6, 6.07) is 7.27. The Labute approximate surface area is 104 Å². The van der Waals surface area contributed by atoms with Crippen LogP contribution in [0.5, 0.6) is 0 Å². The standard InChI is InChI=1S/C13H21NO2S/c1-10(2)13(9-15)14-17(4,16)12-7-5-11(3)6-8-12/h5-8,10,13,15H,9H2,1-4H3/t13-,17+/m1/s1. The summed E-state index contributed by atoms with van der Waals surface area (Å²) in [4.78, 5) is 0.724. The number of aliphatic hydroxyl groups is 1. The monoisotopic (exact) mass is 255 g/mol. The smallest absolute Gasteiger partial charge is 0.0850 e. The molecule has 1 rings (SSSR count). The van der Waals surface area contributed by atoms with Gasteiger partial charge in [-0.2, -0.15) is 0 Å². The van der Waals surface area contributed by atoms with E-state index in [-0.39, 0.29) is 18.6 Å². The summed E-state index contributed by atoms with van der Waals surface area (Å²) in [5.74, 6) is 0.186. The lowest BCUT2D eigenvalue weighted by atomic mass is 10.1. The van der Waals surface area contributed by atoms with Crippen LogP contribution in [-0.4, -0.2) is 28.2 Å². The van der Waals surface area contributed by atoms with Gasteiger partial charge in [0.1, 0.15) is 0 Å². The maximum Gasteiger partial charge on any atom is 0.0850 e. The maximum absolute atomic E-state index is 12.5. The Balaban J connectivity index is 3.13. The van der Waals surface area contributed by atoms with E-state index in [9.17, 15) is 9.32 Å². The number of hydrogen-bond acceptors (Lipinski definition) is 3. The Bertz CT molecular complexity index is 471. The SMILES string of the molecule is Cc1ccc([S@](C)(=O)=N[C@H](CO)C(C)C)cc1. The fourth-order valence-electron chi connectivity index (χ4n) is 1.48. The maximum atomic E-state index is 12.5. The third kappa shape index (κ3) is 3.82. The van der Waals surface area contributed by atoms with Crippen LogP contribution in [0.4, 0.5) is 0 Å². The van der Waals surface area contributed by atoms with Gasteiger partial charge in [0.05, 0.1) is 22.4 Å². The lowest BCUT2D eigenvalue weighted by molar-refractivity contribution is 0.241. The summed E-state index contributed by atoms with van der Waals surface area (Å²) in [7, 11) is -2.42. The topological polar surface area (TPSA) is 49.7 Å². The summed E-state index contributed by atoms with van der Waals surface area (Å²) in [6.07, 6.45) is 1.63. The molecule has 17 heavy (non-hydrogen) atoms. The quantitative estimate of drug-likeness (QED) is 0.898. The molecule has 3 nitrogen and oxygen atoms in total. The molecule has 0 aliphatic rings. The van der Waals surface area contributed by atoms with Crippen molar-refractivity contribution in [3.05, 3.63) is 29.8 Å². The molecular formula is C13H21NO2S.